The third-order valence-electron chi connectivity index (χ3n) is 4.54. The fourth-order valence-corrected chi connectivity index (χ4v) is 3.52. The highest BCUT2D eigenvalue weighted by Gasteiger charge is 2.28. The molecule has 0 aromatic carbocycles. The minimum Gasteiger partial charge on any atom is -0.327 e. The Morgan fingerprint density at radius 1 is 1.12 bits per heavy atom. The van der Waals surface area contributed by atoms with E-state index in [0.717, 1.165) is 17.8 Å². The Morgan fingerprint density at radius 3 is 2.69 bits per heavy atom. The summed E-state index contributed by atoms with van der Waals surface area (Å²) in [6.07, 6.45) is 6.75. The van der Waals surface area contributed by atoms with E-state index in [1.54, 1.807) is 0 Å². The van der Waals surface area contributed by atoms with Crippen molar-refractivity contribution in [1.82, 2.24) is 4.90 Å². The Bertz CT molecular complexity index is 217. The number of rotatable bonds is 2. The fourth-order valence-electron chi connectivity index (χ4n) is 3.52. The third kappa shape index (κ3) is 3.21. The molecule has 4 unspecified atom stereocenters. The predicted octanol–water partition coefficient (Wildman–Crippen LogP) is 2.48. The van der Waals surface area contributed by atoms with Crippen LogP contribution in [0.15, 0.2) is 0 Å². The first kappa shape index (κ1) is 12.4. The van der Waals surface area contributed by atoms with E-state index in [0.29, 0.717) is 6.04 Å². The molecule has 2 aliphatic rings. The third-order valence-corrected chi connectivity index (χ3v) is 4.54. The van der Waals surface area contributed by atoms with Gasteiger partial charge in [-0.2, -0.15) is 0 Å². The minimum absolute atomic E-state index is 0.466. The van der Waals surface area contributed by atoms with Crippen LogP contribution in [0.3, 0.4) is 0 Å². The van der Waals surface area contributed by atoms with Crippen molar-refractivity contribution in [2.45, 2.75) is 52.0 Å². The van der Waals surface area contributed by atoms with Crippen LogP contribution in [0.4, 0.5) is 0 Å². The zero-order valence-corrected chi connectivity index (χ0v) is 11.0. The summed E-state index contributed by atoms with van der Waals surface area (Å²) >= 11 is 0. The monoisotopic (exact) mass is 224 g/mol. The summed E-state index contributed by atoms with van der Waals surface area (Å²) in [5.74, 6) is 2.55. The molecule has 0 aromatic rings. The van der Waals surface area contributed by atoms with E-state index < -0.39 is 0 Å². The average Bonchev–Trinajstić information content (AvgIpc) is 2.24. The summed E-state index contributed by atoms with van der Waals surface area (Å²) in [6.45, 7) is 8.64. The van der Waals surface area contributed by atoms with Gasteiger partial charge in [-0.3, -0.25) is 0 Å². The highest BCUT2D eigenvalue weighted by Crippen LogP contribution is 2.29. The molecule has 0 bridgehead atoms. The molecule has 2 nitrogen and oxygen atoms in total. The van der Waals surface area contributed by atoms with Crippen LogP contribution in [0.25, 0.3) is 0 Å². The Labute approximate surface area is 101 Å². The molecule has 0 radical (unpaired) electrons. The maximum atomic E-state index is 6.27. The van der Waals surface area contributed by atoms with E-state index in [1.807, 2.05) is 0 Å². The molecule has 94 valence electrons. The van der Waals surface area contributed by atoms with Crippen LogP contribution in [0.2, 0.25) is 0 Å². The Balaban J connectivity index is 1.82. The van der Waals surface area contributed by atoms with Crippen LogP contribution in [0.5, 0.6) is 0 Å². The van der Waals surface area contributed by atoms with Crippen molar-refractivity contribution < 1.29 is 0 Å². The molecule has 1 aliphatic carbocycles. The number of hydrogen-bond acceptors (Lipinski definition) is 2. The van der Waals surface area contributed by atoms with Gasteiger partial charge in [0.25, 0.3) is 0 Å². The van der Waals surface area contributed by atoms with Gasteiger partial charge in [-0.1, -0.05) is 13.8 Å². The Kier molecular flexibility index (Phi) is 4.26. The van der Waals surface area contributed by atoms with Gasteiger partial charge in [0, 0.05) is 19.1 Å². The Morgan fingerprint density at radius 2 is 1.94 bits per heavy atom. The molecule has 4 atom stereocenters. The molecule has 2 N–H and O–H groups in total. The largest absolute Gasteiger partial charge is 0.327 e. The molecule has 1 heterocycles. The number of nitrogens with zero attached hydrogens (tertiary/aromatic N) is 1. The van der Waals surface area contributed by atoms with Crippen molar-refractivity contribution in [3.05, 3.63) is 0 Å². The normalized spacial score (nSPS) is 42.2. The molecular weight excluding hydrogens is 196 g/mol. The molecule has 0 spiro atoms. The van der Waals surface area contributed by atoms with E-state index in [1.165, 1.54) is 51.7 Å². The van der Waals surface area contributed by atoms with Crippen LogP contribution >= 0.6 is 0 Å². The smallest absolute Gasteiger partial charge is 0.00795 e. The van der Waals surface area contributed by atoms with E-state index >= 15 is 0 Å². The highest BCUT2D eigenvalue weighted by atomic mass is 15.1. The zero-order valence-electron chi connectivity index (χ0n) is 11.0. The van der Waals surface area contributed by atoms with E-state index in [4.69, 9.17) is 5.73 Å². The zero-order chi connectivity index (χ0) is 11.5. The maximum absolute atomic E-state index is 6.27. The van der Waals surface area contributed by atoms with Crippen molar-refractivity contribution in [3.63, 3.8) is 0 Å². The van der Waals surface area contributed by atoms with Gasteiger partial charge in [-0.05, 0) is 56.4 Å². The summed E-state index contributed by atoms with van der Waals surface area (Å²) in [5.41, 5.74) is 6.27. The van der Waals surface area contributed by atoms with E-state index in [2.05, 4.69) is 18.7 Å². The van der Waals surface area contributed by atoms with E-state index in [9.17, 15) is 0 Å². The number of hydrogen-bond donors (Lipinski definition) is 1. The van der Waals surface area contributed by atoms with Gasteiger partial charge in [0.05, 0.1) is 0 Å². The van der Waals surface area contributed by atoms with Crippen LogP contribution in [-0.2, 0) is 0 Å². The first-order valence-electron chi connectivity index (χ1n) is 7.13. The molecule has 2 fully saturated rings. The van der Waals surface area contributed by atoms with Gasteiger partial charge >= 0.3 is 0 Å². The molecule has 0 amide bonds. The quantitative estimate of drug-likeness (QED) is 0.781. The van der Waals surface area contributed by atoms with Crippen LogP contribution in [0, 0.1) is 17.8 Å². The second-order valence-electron chi connectivity index (χ2n) is 6.35. The van der Waals surface area contributed by atoms with E-state index in [-0.39, 0.29) is 0 Å². The lowest BCUT2D eigenvalue weighted by Gasteiger charge is -2.38. The van der Waals surface area contributed by atoms with Gasteiger partial charge in [0.15, 0.2) is 0 Å². The highest BCUT2D eigenvalue weighted by molar-refractivity contribution is 4.84. The molecule has 1 aliphatic heterocycles. The van der Waals surface area contributed by atoms with Gasteiger partial charge in [-0.25, -0.2) is 0 Å². The van der Waals surface area contributed by atoms with Gasteiger partial charge in [0.1, 0.15) is 0 Å². The SMILES string of the molecule is CC1CCC(N)C(CN2CCCC(C)C2)C1. The van der Waals surface area contributed by atoms with Gasteiger partial charge < -0.3 is 10.6 Å². The lowest BCUT2D eigenvalue weighted by atomic mass is 9.78. The summed E-state index contributed by atoms with van der Waals surface area (Å²) < 4.78 is 0. The molecule has 1 saturated heterocycles. The summed E-state index contributed by atoms with van der Waals surface area (Å²) in [6, 6.07) is 0.466. The second kappa shape index (κ2) is 5.50. The topological polar surface area (TPSA) is 29.3 Å². The number of likely N-dealkylation sites (tertiary alicyclic amines) is 1. The summed E-state index contributed by atoms with van der Waals surface area (Å²) in [4.78, 5) is 2.66. The van der Waals surface area contributed by atoms with Crippen molar-refractivity contribution in [3.8, 4) is 0 Å². The maximum Gasteiger partial charge on any atom is 0.00795 e. The molecular formula is C14H28N2. The summed E-state index contributed by atoms with van der Waals surface area (Å²) in [5, 5.41) is 0. The minimum atomic E-state index is 0.466. The van der Waals surface area contributed by atoms with Crippen LogP contribution < -0.4 is 5.73 Å². The number of piperidine rings is 1. The first-order chi connectivity index (χ1) is 7.65. The van der Waals surface area contributed by atoms with Crippen molar-refractivity contribution in [2.75, 3.05) is 19.6 Å². The molecule has 16 heavy (non-hydrogen) atoms. The Hall–Kier alpha value is -0.0800. The van der Waals surface area contributed by atoms with Crippen molar-refractivity contribution >= 4 is 0 Å². The first-order valence-corrected chi connectivity index (χ1v) is 7.13. The van der Waals surface area contributed by atoms with Gasteiger partial charge in [-0.15, -0.1) is 0 Å². The predicted molar refractivity (Wildman–Crippen MR) is 69.3 cm³/mol. The second-order valence-corrected chi connectivity index (χ2v) is 6.35. The molecule has 2 heteroatoms. The molecule has 2 rings (SSSR count). The standard InChI is InChI=1S/C14H28N2/c1-11-5-6-14(15)13(8-11)10-16-7-3-4-12(2)9-16/h11-14H,3-10,15H2,1-2H3. The average molecular weight is 224 g/mol. The fraction of sp³-hybridized carbons (Fsp3) is 1.00. The molecule has 0 aromatic heterocycles. The van der Waals surface area contributed by atoms with Gasteiger partial charge in [0.2, 0.25) is 0 Å². The number of nitrogens with two attached hydrogens (primary N) is 1. The van der Waals surface area contributed by atoms with Crippen LogP contribution in [0.1, 0.15) is 46.0 Å². The summed E-state index contributed by atoms with van der Waals surface area (Å²) in [7, 11) is 0. The van der Waals surface area contributed by atoms with Crippen molar-refractivity contribution in [1.29, 1.82) is 0 Å². The molecule has 1 saturated carbocycles. The lowest BCUT2D eigenvalue weighted by Crippen LogP contribution is -2.45. The lowest BCUT2D eigenvalue weighted by molar-refractivity contribution is 0.122. The van der Waals surface area contributed by atoms with Crippen molar-refractivity contribution in [2.24, 2.45) is 23.5 Å². The van der Waals surface area contributed by atoms with Crippen LogP contribution in [-0.4, -0.2) is 30.6 Å².